The van der Waals surface area contributed by atoms with Crippen LogP contribution in [0.4, 0.5) is 5.69 Å². The highest BCUT2D eigenvalue weighted by Gasteiger charge is 2.03. The number of methoxy groups -OCH3 is 2. The van der Waals surface area contributed by atoms with E-state index in [4.69, 9.17) is 9.47 Å². The molecule has 0 radical (unpaired) electrons. The number of anilines is 1. The lowest BCUT2D eigenvalue weighted by Gasteiger charge is -2.22. The summed E-state index contributed by atoms with van der Waals surface area (Å²) in [6, 6.07) is 8.47. The van der Waals surface area contributed by atoms with Crippen molar-refractivity contribution >= 4 is 5.69 Å². The Morgan fingerprint density at radius 2 is 1.53 bits per heavy atom. The first-order valence-corrected chi connectivity index (χ1v) is 6.77. The molecule has 0 spiro atoms. The van der Waals surface area contributed by atoms with E-state index in [-0.39, 0.29) is 0 Å². The normalized spacial score (nSPS) is 10.9. The molecule has 4 nitrogen and oxygen atoms in total. The van der Waals surface area contributed by atoms with Gasteiger partial charge in [0.15, 0.2) is 0 Å². The second-order valence-corrected chi connectivity index (χ2v) is 4.62. The molecule has 0 aliphatic heterocycles. The maximum Gasteiger partial charge on any atom is 0.0589 e. The first-order valence-electron chi connectivity index (χ1n) is 6.77. The minimum atomic E-state index is 0.758. The molecule has 0 amide bonds. The van der Waals surface area contributed by atoms with Gasteiger partial charge in [0.1, 0.15) is 0 Å². The topological polar surface area (TPSA) is 33.7 Å². The number of aryl methyl sites for hydroxylation is 1. The SMILES string of the molecule is COCCN(CCNc1ccc(C)cc1)CCOC. The van der Waals surface area contributed by atoms with Gasteiger partial charge in [-0.1, -0.05) is 17.7 Å². The van der Waals surface area contributed by atoms with Crippen LogP contribution in [0.15, 0.2) is 24.3 Å². The molecule has 108 valence electrons. The molecule has 1 aromatic carbocycles. The molecule has 0 unspecified atom stereocenters. The van der Waals surface area contributed by atoms with E-state index >= 15 is 0 Å². The van der Waals surface area contributed by atoms with Crippen molar-refractivity contribution in [3.63, 3.8) is 0 Å². The zero-order valence-electron chi connectivity index (χ0n) is 12.3. The van der Waals surface area contributed by atoms with Crippen molar-refractivity contribution in [1.82, 2.24) is 4.90 Å². The van der Waals surface area contributed by atoms with E-state index in [0.717, 1.165) is 39.4 Å². The van der Waals surface area contributed by atoms with Crippen LogP contribution in [0, 0.1) is 6.92 Å². The number of benzene rings is 1. The Morgan fingerprint density at radius 3 is 2.05 bits per heavy atom. The molecule has 19 heavy (non-hydrogen) atoms. The summed E-state index contributed by atoms with van der Waals surface area (Å²) in [7, 11) is 3.47. The Bertz CT molecular complexity index is 319. The standard InChI is InChI=1S/C15H26N2O2/c1-14-4-6-15(7-5-14)16-8-9-17(10-12-18-2)11-13-19-3/h4-7,16H,8-13H2,1-3H3. The summed E-state index contributed by atoms with van der Waals surface area (Å²) >= 11 is 0. The molecule has 0 heterocycles. The van der Waals surface area contributed by atoms with Gasteiger partial charge in [-0.05, 0) is 19.1 Å². The Labute approximate surface area is 116 Å². The largest absolute Gasteiger partial charge is 0.384 e. The fraction of sp³-hybridized carbons (Fsp3) is 0.600. The Balaban J connectivity index is 2.27. The Morgan fingerprint density at radius 1 is 0.947 bits per heavy atom. The number of hydrogen-bond donors (Lipinski definition) is 1. The van der Waals surface area contributed by atoms with Crippen LogP contribution in [0.5, 0.6) is 0 Å². The minimum Gasteiger partial charge on any atom is -0.384 e. The predicted octanol–water partition coefficient (Wildman–Crippen LogP) is 2.00. The van der Waals surface area contributed by atoms with Crippen LogP contribution >= 0.6 is 0 Å². The Hall–Kier alpha value is -1.10. The summed E-state index contributed by atoms with van der Waals surface area (Å²) in [4.78, 5) is 2.34. The van der Waals surface area contributed by atoms with Crippen molar-refractivity contribution in [1.29, 1.82) is 0 Å². The van der Waals surface area contributed by atoms with Crippen LogP contribution in [-0.2, 0) is 9.47 Å². The van der Waals surface area contributed by atoms with Gasteiger partial charge in [0.05, 0.1) is 13.2 Å². The number of rotatable bonds is 10. The van der Waals surface area contributed by atoms with Crippen LogP contribution in [0.2, 0.25) is 0 Å². The first kappa shape index (κ1) is 16.0. The number of ether oxygens (including phenoxy) is 2. The number of nitrogens with one attached hydrogen (secondary N) is 1. The van der Waals surface area contributed by atoms with Gasteiger partial charge in [-0.2, -0.15) is 0 Å². The van der Waals surface area contributed by atoms with E-state index in [9.17, 15) is 0 Å². The monoisotopic (exact) mass is 266 g/mol. The Kier molecular flexibility index (Phi) is 8.21. The predicted molar refractivity (Wildman–Crippen MR) is 79.9 cm³/mol. The van der Waals surface area contributed by atoms with Gasteiger partial charge in [0.2, 0.25) is 0 Å². The van der Waals surface area contributed by atoms with Crippen LogP contribution in [0.1, 0.15) is 5.56 Å². The molecule has 1 N–H and O–H groups in total. The molecule has 0 fully saturated rings. The van der Waals surface area contributed by atoms with E-state index in [1.54, 1.807) is 14.2 Å². The summed E-state index contributed by atoms with van der Waals surface area (Å²) < 4.78 is 10.3. The molecule has 0 bridgehead atoms. The maximum absolute atomic E-state index is 5.13. The van der Waals surface area contributed by atoms with Crippen molar-refractivity contribution in [2.45, 2.75) is 6.92 Å². The van der Waals surface area contributed by atoms with Gasteiger partial charge >= 0.3 is 0 Å². The van der Waals surface area contributed by atoms with Crippen LogP contribution in [0.25, 0.3) is 0 Å². The second-order valence-electron chi connectivity index (χ2n) is 4.62. The van der Waals surface area contributed by atoms with E-state index in [1.807, 2.05) is 0 Å². The summed E-state index contributed by atoms with van der Waals surface area (Å²) in [5.41, 5.74) is 2.45. The number of nitrogens with zero attached hydrogens (tertiary/aromatic N) is 1. The molecule has 0 saturated carbocycles. The van der Waals surface area contributed by atoms with Crippen molar-refractivity contribution in [2.75, 3.05) is 58.9 Å². The third kappa shape index (κ3) is 7.15. The van der Waals surface area contributed by atoms with Crippen molar-refractivity contribution in [3.05, 3.63) is 29.8 Å². The molecule has 0 aromatic heterocycles. The van der Waals surface area contributed by atoms with Gasteiger partial charge in [0, 0.05) is 46.1 Å². The average molecular weight is 266 g/mol. The van der Waals surface area contributed by atoms with Crippen molar-refractivity contribution < 1.29 is 9.47 Å². The molecule has 0 saturated heterocycles. The summed E-state index contributed by atoms with van der Waals surface area (Å²) in [5.74, 6) is 0. The molecule has 0 aliphatic carbocycles. The van der Waals surface area contributed by atoms with Gasteiger partial charge in [-0.15, -0.1) is 0 Å². The first-order chi connectivity index (χ1) is 9.26. The van der Waals surface area contributed by atoms with E-state index in [0.29, 0.717) is 0 Å². The molecule has 0 aliphatic rings. The fourth-order valence-electron chi connectivity index (χ4n) is 1.81. The smallest absolute Gasteiger partial charge is 0.0589 e. The molecular weight excluding hydrogens is 240 g/mol. The lowest BCUT2D eigenvalue weighted by atomic mass is 10.2. The maximum atomic E-state index is 5.13. The fourth-order valence-corrected chi connectivity index (χ4v) is 1.81. The van der Waals surface area contributed by atoms with Crippen LogP contribution < -0.4 is 5.32 Å². The molecule has 0 atom stereocenters. The van der Waals surface area contributed by atoms with Crippen LogP contribution in [-0.4, -0.2) is 58.5 Å². The highest BCUT2D eigenvalue weighted by atomic mass is 16.5. The number of hydrogen-bond acceptors (Lipinski definition) is 4. The highest BCUT2D eigenvalue weighted by molar-refractivity contribution is 5.44. The third-order valence-electron chi connectivity index (χ3n) is 3.03. The van der Waals surface area contributed by atoms with Crippen molar-refractivity contribution in [2.24, 2.45) is 0 Å². The zero-order valence-corrected chi connectivity index (χ0v) is 12.3. The van der Waals surface area contributed by atoms with Crippen LogP contribution in [0.3, 0.4) is 0 Å². The summed E-state index contributed by atoms with van der Waals surface area (Å²) in [5, 5.41) is 3.43. The quantitative estimate of drug-likeness (QED) is 0.702. The van der Waals surface area contributed by atoms with E-state index in [2.05, 4.69) is 41.4 Å². The highest BCUT2D eigenvalue weighted by Crippen LogP contribution is 2.07. The average Bonchev–Trinajstić information content (AvgIpc) is 2.43. The summed E-state index contributed by atoms with van der Waals surface area (Å²) in [6.45, 7) is 7.41. The molecule has 4 heteroatoms. The lowest BCUT2D eigenvalue weighted by Crippen LogP contribution is -2.34. The van der Waals surface area contributed by atoms with Gasteiger partial charge in [-0.25, -0.2) is 0 Å². The van der Waals surface area contributed by atoms with E-state index < -0.39 is 0 Å². The van der Waals surface area contributed by atoms with Gasteiger partial charge in [-0.3, -0.25) is 4.90 Å². The second kappa shape index (κ2) is 9.78. The van der Waals surface area contributed by atoms with E-state index in [1.165, 1.54) is 11.3 Å². The molecule has 1 aromatic rings. The zero-order chi connectivity index (χ0) is 13.9. The summed E-state index contributed by atoms with van der Waals surface area (Å²) in [6.07, 6.45) is 0. The van der Waals surface area contributed by atoms with Gasteiger partial charge < -0.3 is 14.8 Å². The van der Waals surface area contributed by atoms with Gasteiger partial charge in [0.25, 0.3) is 0 Å². The lowest BCUT2D eigenvalue weighted by molar-refractivity contribution is 0.116. The minimum absolute atomic E-state index is 0.758. The van der Waals surface area contributed by atoms with Crippen molar-refractivity contribution in [3.8, 4) is 0 Å². The molecular formula is C15H26N2O2. The molecule has 1 rings (SSSR count). The third-order valence-corrected chi connectivity index (χ3v) is 3.03.